The lowest BCUT2D eigenvalue weighted by Crippen LogP contribution is -2.44. The summed E-state index contributed by atoms with van der Waals surface area (Å²) >= 11 is 0. The Morgan fingerprint density at radius 3 is 2.22 bits per heavy atom. The molecule has 1 rings (SSSR count). The Hall–Kier alpha value is -0.0800. The van der Waals surface area contributed by atoms with Crippen LogP contribution in [0.5, 0.6) is 0 Å². The van der Waals surface area contributed by atoms with Crippen LogP contribution in [0, 0.1) is 23.2 Å². The minimum atomic E-state index is 0.440. The Balaban J connectivity index is 2.57. The van der Waals surface area contributed by atoms with Gasteiger partial charge in [-0.05, 0) is 42.6 Å². The number of likely N-dealkylation sites (tertiary alicyclic amines) is 1. The highest BCUT2D eigenvalue weighted by atomic mass is 15.2. The maximum absolute atomic E-state index is 6.04. The molecule has 0 radical (unpaired) electrons. The topological polar surface area (TPSA) is 29.3 Å². The largest absolute Gasteiger partial charge is 0.329 e. The summed E-state index contributed by atoms with van der Waals surface area (Å²) in [7, 11) is 0. The van der Waals surface area contributed by atoms with Crippen LogP contribution in [0.15, 0.2) is 0 Å². The third-order valence-corrected chi connectivity index (χ3v) is 4.65. The SMILES string of the molecule is CC(C)CC(C)C(CN)N1CCC(C(C)(C)C)C1. The molecule has 0 spiro atoms. The minimum absolute atomic E-state index is 0.440. The number of hydrogen-bond donors (Lipinski definition) is 1. The van der Waals surface area contributed by atoms with E-state index in [2.05, 4.69) is 46.4 Å². The number of nitrogens with two attached hydrogens (primary N) is 1. The molecule has 0 bridgehead atoms. The first-order valence-corrected chi connectivity index (χ1v) is 7.69. The third kappa shape index (κ3) is 4.24. The van der Waals surface area contributed by atoms with Crippen LogP contribution in [0.25, 0.3) is 0 Å². The third-order valence-electron chi connectivity index (χ3n) is 4.65. The summed E-state index contributed by atoms with van der Waals surface area (Å²) in [5.41, 5.74) is 6.48. The van der Waals surface area contributed by atoms with Crippen molar-refractivity contribution in [2.75, 3.05) is 19.6 Å². The van der Waals surface area contributed by atoms with E-state index < -0.39 is 0 Å². The molecule has 1 fully saturated rings. The molecule has 0 amide bonds. The molecule has 0 aromatic rings. The van der Waals surface area contributed by atoms with Gasteiger partial charge in [-0.15, -0.1) is 0 Å². The van der Waals surface area contributed by atoms with Crippen molar-refractivity contribution in [2.45, 2.75) is 60.4 Å². The maximum Gasteiger partial charge on any atom is 0.0244 e. The molecule has 2 heteroatoms. The van der Waals surface area contributed by atoms with E-state index >= 15 is 0 Å². The first-order chi connectivity index (χ1) is 8.25. The van der Waals surface area contributed by atoms with Gasteiger partial charge in [0.15, 0.2) is 0 Å². The molecule has 1 aliphatic heterocycles. The second kappa shape index (κ2) is 6.38. The fraction of sp³-hybridized carbons (Fsp3) is 1.00. The molecular weight excluding hydrogens is 220 g/mol. The zero-order valence-electron chi connectivity index (χ0n) is 13.4. The molecule has 3 unspecified atom stereocenters. The average Bonchev–Trinajstić information content (AvgIpc) is 2.66. The summed E-state index contributed by atoms with van der Waals surface area (Å²) in [6.45, 7) is 17.4. The summed E-state index contributed by atoms with van der Waals surface area (Å²) < 4.78 is 0. The normalized spacial score (nSPS) is 25.7. The van der Waals surface area contributed by atoms with Gasteiger partial charge in [-0.25, -0.2) is 0 Å². The number of rotatable bonds is 5. The van der Waals surface area contributed by atoms with Crippen molar-refractivity contribution in [1.29, 1.82) is 0 Å². The standard InChI is InChI=1S/C16H34N2/c1-12(2)9-13(3)15(10-17)18-8-7-14(11-18)16(4,5)6/h12-15H,7-11,17H2,1-6H3. The van der Waals surface area contributed by atoms with Gasteiger partial charge in [-0.3, -0.25) is 4.90 Å². The number of hydrogen-bond acceptors (Lipinski definition) is 2. The second-order valence-corrected chi connectivity index (χ2v) is 7.76. The van der Waals surface area contributed by atoms with Crippen molar-refractivity contribution >= 4 is 0 Å². The van der Waals surface area contributed by atoms with Crippen molar-refractivity contribution in [1.82, 2.24) is 4.90 Å². The van der Waals surface area contributed by atoms with Gasteiger partial charge in [-0.1, -0.05) is 41.5 Å². The summed E-state index contributed by atoms with van der Waals surface area (Å²) in [6, 6.07) is 0.583. The Morgan fingerprint density at radius 2 is 1.83 bits per heavy atom. The van der Waals surface area contributed by atoms with Gasteiger partial charge in [0.1, 0.15) is 0 Å². The molecule has 2 nitrogen and oxygen atoms in total. The lowest BCUT2D eigenvalue weighted by Gasteiger charge is -2.34. The van der Waals surface area contributed by atoms with Gasteiger partial charge in [0, 0.05) is 19.1 Å². The van der Waals surface area contributed by atoms with Crippen LogP contribution in [0.3, 0.4) is 0 Å². The zero-order chi connectivity index (χ0) is 13.9. The summed E-state index contributed by atoms with van der Waals surface area (Å²) in [5.74, 6) is 2.32. The van der Waals surface area contributed by atoms with Crippen molar-refractivity contribution in [3.05, 3.63) is 0 Å². The quantitative estimate of drug-likeness (QED) is 0.815. The summed E-state index contributed by atoms with van der Waals surface area (Å²) in [5, 5.41) is 0. The van der Waals surface area contributed by atoms with E-state index in [1.54, 1.807) is 0 Å². The van der Waals surface area contributed by atoms with Gasteiger partial charge in [0.25, 0.3) is 0 Å². The molecule has 1 aliphatic rings. The van der Waals surface area contributed by atoms with Crippen LogP contribution >= 0.6 is 0 Å². The first kappa shape index (κ1) is 16.0. The highest BCUT2D eigenvalue weighted by Crippen LogP contribution is 2.35. The van der Waals surface area contributed by atoms with E-state index in [4.69, 9.17) is 5.73 Å². The van der Waals surface area contributed by atoms with Crippen LogP contribution < -0.4 is 5.73 Å². The van der Waals surface area contributed by atoms with Crippen LogP contribution in [-0.4, -0.2) is 30.6 Å². The summed E-state index contributed by atoms with van der Waals surface area (Å²) in [4.78, 5) is 2.66. The van der Waals surface area contributed by atoms with Crippen LogP contribution in [0.2, 0.25) is 0 Å². The van der Waals surface area contributed by atoms with Crippen molar-refractivity contribution in [3.63, 3.8) is 0 Å². The Morgan fingerprint density at radius 1 is 1.22 bits per heavy atom. The molecule has 108 valence electrons. The van der Waals surface area contributed by atoms with E-state index in [1.165, 1.54) is 25.9 Å². The maximum atomic E-state index is 6.04. The molecule has 0 saturated carbocycles. The van der Waals surface area contributed by atoms with Crippen LogP contribution in [0.1, 0.15) is 54.4 Å². The van der Waals surface area contributed by atoms with Gasteiger partial charge in [0.05, 0.1) is 0 Å². The summed E-state index contributed by atoms with van der Waals surface area (Å²) in [6.07, 6.45) is 2.63. The lowest BCUT2D eigenvalue weighted by molar-refractivity contribution is 0.150. The van der Waals surface area contributed by atoms with E-state index in [9.17, 15) is 0 Å². The molecule has 1 saturated heterocycles. The van der Waals surface area contributed by atoms with Crippen LogP contribution in [-0.2, 0) is 0 Å². The predicted molar refractivity (Wildman–Crippen MR) is 80.6 cm³/mol. The Labute approximate surface area is 114 Å². The van der Waals surface area contributed by atoms with Crippen molar-refractivity contribution < 1.29 is 0 Å². The fourth-order valence-corrected chi connectivity index (χ4v) is 3.44. The Kier molecular flexibility index (Phi) is 5.67. The molecule has 0 aliphatic carbocycles. The average molecular weight is 254 g/mol. The minimum Gasteiger partial charge on any atom is -0.329 e. The Bertz CT molecular complexity index is 242. The molecular formula is C16H34N2. The van der Waals surface area contributed by atoms with Gasteiger partial charge < -0.3 is 5.73 Å². The second-order valence-electron chi connectivity index (χ2n) is 7.76. The van der Waals surface area contributed by atoms with Crippen molar-refractivity contribution in [3.8, 4) is 0 Å². The fourth-order valence-electron chi connectivity index (χ4n) is 3.44. The van der Waals surface area contributed by atoms with Gasteiger partial charge in [-0.2, -0.15) is 0 Å². The highest BCUT2D eigenvalue weighted by molar-refractivity contribution is 4.89. The zero-order valence-corrected chi connectivity index (χ0v) is 13.4. The van der Waals surface area contributed by atoms with E-state index in [-0.39, 0.29) is 0 Å². The van der Waals surface area contributed by atoms with E-state index in [1.807, 2.05) is 0 Å². The van der Waals surface area contributed by atoms with Crippen LogP contribution in [0.4, 0.5) is 0 Å². The smallest absolute Gasteiger partial charge is 0.0244 e. The monoisotopic (exact) mass is 254 g/mol. The first-order valence-electron chi connectivity index (χ1n) is 7.69. The molecule has 2 N–H and O–H groups in total. The highest BCUT2D eigenvalue weighted by Gasteiger charge is 2.35. The molecule has 0 aromatic carbocycles. The molecule has 0 aromatic heterocycles. The predicted octanol–water partition coefficient (Wildman–Crippen LogP) is 3.36. The van der Waals surface area contributed by atoms with E-state index in [0.717, 1.165) is 18.4 Å². The van der Waals surface area contributed by atoms with Gasteiger partial charge in [0.2, 0.25) is 0 Å². The van der Waals surface area contributed by atoms with Crippen molar-refractivity contribution in [2.24, 2.45) is 28.9 Å². The van der Waals surface area contributed by atoms with E-state index in [0.29, 0.717) is 17.4 Å². The van der Waals surface area contributed by atoms with Gasteiger partial charge >= 0.3 is 0 Å². The molecule has 18 heavy (non-hydrogen) atoms. The molecule has 1 heterocycles. The number of nitrogens with zero attached hydrogens (tertiary/aromatic N) is 1. The lowest BCUT2D eigenvalue weighted by atomic mass is 9.80. The molecule has 3 atom stereocenters.